The zero-order valence-electron chi connectivity index (χ0n) is 5.07. The number of hydrogen-bond donors (Lipinski definition) is 0. The highest BCUT2D eigenvalue weighted by Gasteiger charge is 1.69. The zero-order chi connectivity index (χ0) is 5.54. The standard InChI is InChI=1S/C6H12N/c1-3-5-7-6-4-2/h3-5H2,1-2H3. The topological polar surface area (TPSA) is 12.4 Å². The van der Waals surface area contributed by atoms with Crippen LogP contribution in [0.5, 0.6) is 0 Å². The maximum Gasteiger partial charge on any atom is 0.0555 e. The van der Waals surface area contributed by atoms with E-state index >= 15 is 0 Å². The van der Waals surface area contributed by atoms with Crippen LogP contribution < -0.4 is 0 Å². The van der Waals surface area contributed by atoms with Gasteiger partial charge in [0.25, 0.3) is 0 Å². The van der Waals surface area contributed by atoms with Crippen LogP contribution in [0.4, 0.5) is 0 Å². The summed E-state index contributed by atoms with van der Waals surface area (Å²) in [6.45, 7) is 5.09. The molecular formula is C6H12N. The summed E-state index contributed by atoms with van der Waals surface area (Å²) in [6.07, 6.45) is 4.95. The summed E-state index contributed by atoms with van der Waals surface area (Å²) < 4.78 is 0. The molecule has 0 saturated heterocycles. The van der Waals surface area contributed by atoms with Crippen LogP contribution in [0.25, 0.3) is 0 Å². The molecule has 0 N–H and O–H groups in total. The van der Waals surface area contributed by atoms with Crippen molar-refractivity contribution in [2.45, 2.75) is 26.7 Å². The molecule has 0 saturated carbocycles. The second kappa shape index (κ2) is 5.67. The van der Waals surface area contributed by atoms with Crippen LogP contribution in [0.15, 0.2) is 4.99 Å². The molecule has 0 aromatic carbocycles. The van der Waals surface area contributed by atoms with Crippen molar-refractivity contribution < 1.29 is 0 Å². The minimum atomic E-state index is 0.938. The van der Waals surface area contributed by atoms with E-state index in [1.807, 2.05) is 6.92 Å². The van der Waals surface area contributed by atoms with Crippen LogP contribution in [0.2, 0.25) is 0 Å². The third kappa shape index (κ3) is 5.67. The highest BCUT2D eigenvalue weighted by atomic mass is 14.7. The van der Waals surface area contributed by atoms with Crippen molar-refractivity contribution in [1.29, 1.82) is 0 Å². The highest BCUT2D eigenvalue weighted by Crippen LogP contribution is 1.75. The molecule has 41 valence electrons. The largest absolute Gasteiger partial charge is 0.288 e. The lowest BCUT2D eigenvalue weighted by Crippen LogP contribution is -1.74. The molecule has 0 aliphatic carbocycles. The van der Waals surface area contributed by atoms with Crippen molar-refractivity contribution in [3.8, 4) is 0 Å². The fraction of sp³-hybridized carbons (Fsp3) is 0.833. The summed E-state index contributed by atoms with van der Waals surface area (Å²) in [4.78, 5) is 3.96. The first-order valence-electron chi connectivity index (χ1n) is 2.81. The lowest BCUT2D eigenvalue weighted by Gasteiger charge is -1.79. The Kier molecular flexibility index (Phi) is 5.40. The number of hydrogen-bond acceptors (Lipinski definition) is 1. The Hall–Kier alpha value is -0.330. The molecule has 1 nitrogen and oxygen atoms in total. The number of aliphatic imine (C=N–C) groups is 1. The van der Waals surface area contributed by atoms with Crippen molar-refractivity contribution in [3.63, 3.8) is 0 Å². The van der Waals surface area contributed by atoms with Gasteiger partial charge in [-0.3, -0.25) is 4.99 Å². The van der Waals surface area contributed by atoms with Crippen molar-refractivity contribution in [2.75, 3.05) is 6.54 Å². The minimum absolute atomic E-state index is 0.938. The maximum atomic E-state index is 3.96. The molecule has 0 heterocycles. The quantitative estimate of drug-likeness (QED) is 0.477. The molecular weight excluding hydrogens is 86.1 g/mol. The summed E-state index contributed by atoms with van der Waals surface area (Å²) >= 11 is 0. The van der Waals surface area contributed by atoms with E-state index in [4.69, 9.17) is 0 Å². The van der Waals surface area contributed by atoms with Crippen LogP contribution >= 0.6 is 0 Å². The van der Waals surface area contributed by atoms with Crippen LogP contribution in [-0.4, -0.2) is 12.8 Å². The third-order valence-electron chi connectivity index (χ3n) is 0.605. The molecule has 0 rings (SSSR count). The lowest BCUT2D eigenvalue weighted by molar-refractivity contribution is 0.932. The molecule has 0 atom stereocenters. The van der Waals surface area contributed by atoms with E-state index in [1.54, 1.807) is 0 Å². The van der Waals surface area contributed by atoms with Gasteiger partial charge >= 0.3 is 0 Å². The monoisotopic (exact) mass is 98.1 g/mol. The number of nitrogens with zero attached hydrogens (tertiary/aromatic N) is 1. The lowest BCUT2D eigenvalue weighted by atomic mass is 10.5. The van der Waals surface area contributed by atoms with Gasteiger partial charge in [-0.05, 0) is 12.8 Å². The molecule has 0 amide bonds. The van der Waals surface area contributed by atoms with Gasteiger partial charge in [-0.2, -0.15) is 0 Å². The fourth-order valence-electron chi connectivity index (χ4n) is 0.303. The Balaban J connectivity index is 2.78. The molecule has 0 bridgehead atoms. The van der Waals surface area contributed by atoms with Gasteiger partial charge in [-0.25, -0.2) is 0 Å². The molecule has 0 spiro atoms. The second-order valence-electron chi connectivity index (χ2n) is 1.39. The smallest absolute Gasteiger partial charge is 0.0555 e. The van der Waals surface area contributed by atoms with Crippen LogP contribution in [-0.2, 0) is 0 Å². The summed E-state index contributed by atoms with van der Waals surface area (Å²) in [5.41, 5.74) is 0. The Labute approximate surface area is 45.5 Å². The predicted octanol–water partition coefficient (Wildman–Crippen LogP) is 1.75. The Bertz CT molecular complexity index is 48.1. The van der Waals surface area contributed by atoms with Crippen molar-refractivity contribution in [1.82, 2.24) is 0 Å². The average Bonchev–Trinajstić information content (AvgIpc) is 1.69. The van der Waals surface area contributed by atoms with Gasteiger partial charge in [0.15, 0.2) is 0 Å². The summed E-state index contributed by atoms with van der Waals surface area (Å²) in [5, 5.41) is 0. The maximum absolute atomic E-state index is 3.96. The molecule has 0 fully saturated rings. The van der Waals surface area contributed by atoms with Gasteiger partial charge in [0.1, 0.15) is 0 Å². The van der Waals surface area contributed by atoms with Crippen LogP contribution in [0.1, 0.15) is 26.7 Å². The van der Waals surface area contributed by atoms with E-state index in [0.717, 1.165) is 19.4 Å². The Morgan fingerprint density at radius 3 is 2.57 bits per heavy atom. The van der Waals surface area contributed by atoms with Gasteiger partial charge in [0.2, 0.25) is 0 Å². The van der Waals surface area contributed by atoms with E-state index in [-0.39, 0.29) is 0 Å². The normalized spacial score (nSPS) is 10.6. The zero-order valence-corrected chi connectivity index (χ0v) is 5.07. The molecule has 0 aromatic heterocycles. The van der Waals surface area contributed by atoms with E-state index in [1.165, 1.54) is 0 Å². The van der Waals surface area contributed by atoms with E-state index < -0.39 is 0 Å². The van der Waals surface area contributed by atoms with Gasteiger partial charge in [0.05, 0.1) is 6.21 Å². The van der Waals surface area contributed by atoms with Crippen molar-refractivity contribution in [2.24, 2.45) is 4.99 Å². The van der Waals surface area contributed by atoms with Crippen molar-refractivity contribution >= 4 is 6.21 Å². The van der Waals surface area contributed by atoms with Gasteiger partial charge in [-0.1, -0.05) is 13.8 Å². The third-order valence-corrected chi connectivity index (χ3v) is 0.605. The molecule has 0 aliphatic rings. The average molecular weight is 98.2 g/mol. The van der Waals surface area contributed by atoms with Gasteiger partial charge in [-0.15, -0.1) is 0 Å². The fourth-order valence-corrected chi connectivity index (χ4v) is 0.303. The van der Waals surface area contributed by atoms with Crippen LogP contribution in [0.3, 0.4) is 0 Å². The van der Waals surface area contributed by atoms with Gasteiger partial charge < -0.3 is 0 Å². The molecule has 0 aliphatic heterocycles. The summed E-state index contributed by atoms with van der Waals surface area (Å²) in [5.74, 6) is 0. The molecule has 7 heavy (non-hydrogen) atoms. The second-order valence-corrected chi connectivity index (χ2v) is 1.39. The highest BCUT2D eigenvalue weighted by molar-refractivity contribution is 5.56. The number of rotatable bonds is 3. The van der Waals surface area contributed by atoms with E-state index in [9.17, 15) is 0 Å². The first kappa shape index (κ1) is 6.67. The molecule has 1 radical (unpaired) electrons. The SMILES string of the molecule is CC/[C]=N/CCC. The first-order valence-corrected chi connectivity index (χ1v) is 2.81. The molecule has 0 aromatic rings. The Morgan fingerprint density at radius 2 is 2.14 bits per heavy atom. The summed E-state index contributed by atoms with van der Waals surface area (Å²) in [7, 11) is 0. The molecule has 0 unspecified atom stereocenters. The van der Waals surface area contributed by atoms with Crippen molar-refractivity contribution in [3.05, 3.63) is 0 Å². The van der Waals surface area contributed by atoms with E-state index in [0.29, 0.717) is 0 Å². The van der Waals surface area contributed by atoms with Crippen LogP contribution in [0, 0.1) is 0 Å². The van der Waals surface area contributed by atoms with Gasteiger partial charge in [0, 0.05) is 6.54 Å². The molecule has 1 heteroatoms. The minimum Gasteiger partial charge on any atom is -0.288 e. The Morgan fingerprint density at radius 1 is 1.43 bits per heavy atom. The van der Waals surface area contributed by atoms with E-state index in [2.05, 4.69) is 18.1 Å². The predicted molar refractivity (Wildman–Crippen MR) is 32.9 cm³/mol. The summed E-state index contributed by atoms with van der Waals surface area (Å²) in [6, 6.07) is 0. The first-order chi connectivity index (χ1) is 3.41.